The summed E-state index contributed by atoms with van der Waals surface area (Å²) in [4.78, 5) is 12.8. The van der Waals surface area contributed by atoms with Crippen molar-refractivity contribution in [3.05, 3.63) is 42.5 Å². The first kappa shape index (κ1) is 24.8. The van der Waals surface area contributed by atoms with Gasteiger partial charge in [0.1, 0.15) is 18.0 Å². The highest BCUT2D eigenvalue weighted by Crippen LogP contribution is 2.33. The van der Waals surface area contributed by atoms with Gasteiger partial charge in [0.2, 0.25) is 26.0 Å². The minimum absolute atomic E-state index is 0.140. The zero-order valence-corrected chi connectivity index (χ0v) is 20.3. The zero-order chi connectivity index (χ0) is 24.2. The molecule has 1 aliphatic heterocycles. The summed E-state index contributed by atoms with van der Waals surface area (Å²) in [5, 5.41) is 2.60. The topological polar surface area (TPSA) is 122 Å². The Bertz CT molecular complexity index is 1210. The molecular formula is C21H27N3O7S2. The number of methoxy groups -OCH3 is 2. The van der Waals surface area contributed by atoms with Gasteiger partial charge in [-0.25, -0.2) is 16.8 Å². The number of carbonyl (C=O) groups is 1. The first-order valence-corrected chi connectivity index (χ1v) is 13.4. The van der Waals surface area contributed by atoms with Crippen LogP contribution in [0.2, 0.25) is 0 Å². The fourth-order valence-electron chi connectivity index (χ4n) is 3.49. The number of carbonyl (C=O) groups excluding carboxylic acids is 1. The van der Waals surface area contributed by atoms with E-state index in [2.05, 4.69) is 5.32 Å². The molecule has 0 spiro atoms. The van der Waals surface area contributed by atoms with Gasteiger partial charge >= 0.3 is 0 Å². The monoisotopic (exact) mass is 497 g/mol. The number of ether oxygens (including phenoxy) is 2. The molecule has 1 N–H and O–H groups in total. The maximum atomic E-state index is 12.7. The quantitative estimate of drug-likeness (QED) is 0.561. The second-order valence-corrected chi connectivity index (χ2v) is 11.3. The van der Waals surface area contributed by atoms with Gasteiger partial charge in [-0.2, -0.15) is 4.31 Å². The lowest BCUT2D eigenvalue weighted by atomic mass is 10.2. The number of amides is 1. The predicted octanol–water partition coefficient (Wildman–Crippen LogP) is 1.89. The molecule has 0 aliphatic carbocycles. The van der Waals surface area contributed by atoms with Gasteiger partial charge in [-0.1, -0.05) is 0 Å². The standard InChI is InChI=1S/C21H27N3O7S2/c1-30-17-8-11-20(31-2)19(14-17)24(32(3,26)27)15-21(25)22-16-6-9-18(10-7-16)33(28,29)23-12-4-5-13-23/h6-11,14H,4-5,12-13,15H2,1-3H3,(H,22,25). The highest BCUT2D eigenvalue weighted by molar-refractivity contribution is 7.92. The summed E-state index contributed by atoms with van der Waals surface area (Å²) in [6.45, 7) is 0.474. The Labute approximate surface area is 194 Å². The molecule has 12 heteroatoms. The Hall–Kier alpha value is -2.83. The van der Waals surface area contributed by atoms with Gasteiger partial charge in [-0.05, 0) is 49.2 Å². The van der Waals surface area contributed by atoms with E-state index in [1.807, 2.05) is 0 Å². The van der Waals surface area contributed by atoms with E-state index in [0.717, 1.165) is 23.4 Å². The van der Waals surface area contributed by atoms with Crippen molar-refractivity contribution in [2.24, 2.45) is 0 Å². The van der Waals surface area contributed by atoms with Crippen LogP contribution in [-0.2, 0) is 24.8 Å². The SMILES string of the molecule is COc1ccc(OC)c(N(CC(=O)Nc2ccc(S(=O)(=O)N3CCCC3)cc2)S(C)(=O)=O)c1. The van der Waals surface area contributed by atoms with E-state index in [1.54, 1.807) is 12.1 Å². The molecular weight excluding hydrogens is 470 g/mol. The van der Waals surface area contributed by atoms with Crippen molar-refractivity contribution in [2.75, 3.05) is 49.7 Å². The molecule has 1 fully saturated rings. The molecule has 0 unspecified atom stereocenters. The van der Waals surface area contributed by atoms with Crippen molar-refractivity contribution < 1.29 is 31.1 Å². The molecule has 1 aliphatic rings. The van der Waals surface area contributed by atoms with Crippen LogP contribution in [-0.4, -0.2) is 67.2 Å². The number of nitrogens with zero attached hydrogens (tertiary/aromatic N) is 2. The van der Waals surface area contributed by atoms with Gasteiger partial charge in [0.05, 0.1) is 31.1 Å². The highest BCUT2D eigenvalue weighted by atomic mass is 32.2. The Balaban J connectivity index is 1.78. The van der Waals surface area contributed by atoms with Crippen molar-refractivity contribution in [2.45, 2.75) is 17.7 Å². The maximum Gasteiger partial charge on any atom is 0.245 e. The fraction of sp³-hybridized carbons (Fsp3) is 0.381. The second-order valence-electron chi connectivity index (χ2n) is 7.49. The predicted molar refractivity (Wildman–Crippen MR) is 125 cm³/mol. The number of benzene rings is 2. The second kappa shape index (κ2) is 9.98. The van der Waals surface area contributed by atoms with E-state index in [4.69, 9.17) is 9.47 Å². The van der Waals surface area contributed by atoms with E-state index < -0.39 is 32.5 Å². The van der Waals surface area contributed by atoms with Crippen LogP contribution in [0, 0.1) is 0 Å². The number of nitrogens with one attached hydrogen (secondary N) is 1. The Morgan fingerprint density at radius 3 is 2.18 bits per heavy atom. The van der Waals surface area contributed by atoms with Crippen molar-refractivity contribution in [1.82, 2.24) is 4.31 Å². The fourth-order valence-corrected chi connectivity index (χ4v) is 5.86. The summed E-state index contributed by atoms with van der Waals surface area (Å²) in [5.74, 6) is 0.0422. The summed E-state index contributed by atoms with van der Waals surface area (Å²) in [6, 6.07) is 10.4. The van der Waals surface area contributed by atoms with Gasteiger partial charge in [-0.15, -0.1) is 0 Å². The summed E-state index contributed by atoms with van der Waals surface area (Å²) in [7, 11) is -4.58. The molecule has 0 atom stereocenters. The smallest absolute Gasteiger partial charge is 0.245 e. The minimum atomic E-state index is -3.85. The molecule has 10 nitrogen and oxygen atoms in total. The Morgan fingerprint density at radius 2 is 1.64 bits per heavy atom. The van der Waals surface area contributed by atoms with Crippen LogP contribution in [0.1, 0.15) is 12.8 Å². The third-order valence-corrected chi connectivity index (χ3v) is 8.22. The molecule has 2 aromatic carbocycles. The van der Waals surface area contributed by atoms with Crippen LogP contribution < -0.4 is 19.1 Å². The van der Waals surface area contributed by atoms with E-state index in [9.17, 15) is 21.6 Å². The normalized spacial score (nSPS) is 14.6. The van der Waals surface area contributed by atoms with Gasteiger partial charge in [0.25, 0.3) is 0 Å². The number of anilines is 2. The molecule has 3 rings (SSSR count). The molecule has 180 valence electrons. The highest BCUT2D eigenvalue weighted by Gasteiger charge is 2.27. The Kier molecular flexibility index (Phi) is 7.50. The third kappa shape index (κ3) is 5.75. The molecule has 1 amide bonds. The van der Waals surface area contributed by atoms with Crippen LogP contribution >= 0.6 is 0 Å². The molecule has 0 aromatic heterocycles. The average molecular weight is 498 g/mol. The molecule has 33 heavy (non-hydrogen) atoms. The summed E-state index contributed by atoms with van der Waals surface area (Å²) >= 11 is 0. The molecule has 1 saturated heterocycles. The first-order chi connectivity index (χ1) is 15.6. The number of hydrogen-bond acceptors (Lipinski definition) is 7. The summed E-state index contributed by atoms with van der Waals surface area (Å²) in [5.41, 5.74) is 0.494. The van der Waals surface area contributed by atoms with Crippen molar-refractivity contribution in [3.63, 3.8) is 0 Å². The molecule has 2 aromatic rings. The van der Waals surface area contributed by atoms with Gasteiger partial charge < -0.3 is 14.8 Å². The van der Waals surface area contributed by atoms with Crippen LogP contribution in [0.3, 0.4) is 0 Å². The van der Waals surface area contributed by atoms with E-state index in [-0.39, 0.29) is 16.3 Å². The number of rotatable bonds is 9. The van der Waals surface area contributed by atoms with E-state index in [1.165, 1.54) is 48.9 Å². The lowest BCUT2D eigenvalue weighted by Gasteiger charge is -2.24. The van der Waals surface area contributed by atoms with Gasteiger partial charge in [-0.3, -0.25) is 9.10 Å². The zero-order valence-electron chi connectivity index (χ0n) is 18.6. The largest absolute Gasteiger partial charge is 0.497 e. The third-order valence-electron chi connectivity index (χ3n) is 5.18. The van der Waals surface area contributed by atoms with Crippen LogP contribution in [0.25, 0.3) is 0 Å². The van der Waals surface area contributed by atoms with Gasteiger partial charge in [0, 0.05) is 24.8 Å². The van der Waals surface area contributed by atoms with Crippen LogP contribution in [0.15, 0.2) is 47.4 Å². The van der Waals surface area contributed by atoms with E-state index >= 15 is 0 Å². The van der Waals surface area contributed by atoms with Crippen molar-refractivity contribution in [3.8, 4) is 11.5 Å². The van der Waals surface area contributed by atoms with Crippen molar-refractivity contribution in [1.29, 1.82) is 0 Å². The van der Waals surface area contributed by atoms with Crippen LogP contribution in [0.4, 0.5) is 11.4 Å². The van der Waals surface area contributed by atoms with E-state index in [0.29, 0.717) is 24.5 Å². The number of hydrogen-bond donors (Lipinski definition) is 1. The van der Waals surface area contributed by atoms with Gasteiger partial charge in [0.15, 0.2) is 0 Å². The van der Waals surface area contributed by atoms with Crippen LogP contribution in [0.5, 0.6) is 11.5 Å². The minimum Gasteiger partial charge on any atom is -0.497 e. The molecule has 0 bridgehead atoms. The summed E-state index contributed by atoms with van der Waals surface area (Å²) in [6.07, 6.45) is 2.65. The molecule has 0 radical (unpaired) electrons. The maximum absolute atomic E-state index is 12.7. The average Bonchev–Trinajstić information content (AvgIpc) is 3.32. The molecule has 1 heterocycles. The molecule has 0 saturated carbocycles. The summed E-state index contributed by atoms with van der Waals surface area (Å²) < 4.78 is 62.9. The van der Waals surface area contributed by atoms with Crippen molar-refractivity contribution >= 4 is 37.3 Å². The lowest BCUT2D eigenvalue weighted by Crippen LogP contribution is -2.37. The first-order valence-electron chi connectivity index (χ1n) is 10.2. The lowest BCUT2D eigenvalue weighted by molar-refractivity contribution is -0.114. The number of sulfonamides is 2. The Morgan fingerprint density at radius 1 is 1.00 bits per heavy atom.